The minimum Gasteiger partial charge on any atom is -0.368 e. The van der Waals surface area contributed by atoms with Gasteiger partial charge in [0.15, 0.2) is 5.82 Å². The van der Waals surface area contributed by atoms with E-state index in [-0.39, 0.29) is 18.4 Å². The average molecular weight is 446 g/mol. The molecule has 30 heavy (non-hydrogen) atoms. The Morgan fingerprint density at radius 3 is 2.37 bits per heavy atom. The highest BCUT2D eigenvalue weighted by atomic mass is 35.5. The molecule has 1 aromatic heterocycles. The lowest BCUT2D eigenvalue weighted by molar-refractivity contribution is -0.119. The molecule has 1 heterocycles. The number of benzene rings is 2. The van der Waals surface area contributed by atoms with Crippen molar-refractivity contribution >= 4 is 51.7 Å². The predicted octanol–water partition coefficient (Wildman–Crippen LogP) is 3.79. The molecular formula is C21H21Cl2N5O2. The highest BCUT2D eigenvalue weighted by Crippen LogP contribution is 2.23. The summed E-state index contributed by atoms with van der Waals surface area (Å²) < 4.78 is 0. The number of halogens is 2. The molecule has 0 saturated heterocycles. The van der Waals surface area contributed by atoms with Crippen LogP contribution in [0.1, 0.15) is 30.0 Å². The first kappa shape index (κ1) is 21.8. The van der Waals surface area contributed by atoms with E-state index < -0.39 is 11.9 Å². The van der Waals surface area contributed by atoms with Crippen molar-refractivity contribution in [3.8, 4) is 0 Å². The molecule has 0 radical (unpaired) electrons. The van der Waals surface area contributed by atoms with Gasteiger partial charge in [-0.25, -0.2) is 9.97 Å². The Balaban J connectivity index is 1.87. The van der Waals surface area contributed by atoms with Crippen LogP contribution in [0, 0.1) is 5.92 Å². The number of carbonyl (C=O) groups is 2. The van der Waals surface area contributed by atoms with Crippen LogP contribution in [0.3, 0.4) is 0 Å². The second-order valence-electron chi connectivity index (χ2n) is 7.11. The lowest BCUT2D eigenvalue weighted by atomic mass is 10.0. The zero-order valence-corrected chi connectivity index (χ0v) is 18.0. The third kappa shape index (κ3) is 5.17. The number of amides is 2. The highest BCUT2D eigenvalue weighted by Gasteiger charge is 2.21. The lowest BCUT2D eigenvalue weighted by Crippen LogP contribution is -2.40. The quantitative estimate of drug-likeness (QED) is 0.512. The monoisotopic (exact) mass is 445 g/mol. The molecule has 0 aliphatic heterocycles. The first-order chi connectivity index (χ1) is 14.2. The molecule has 1 atom stereocenters. The van der Waals surface area contributed by atoms with Gasteiger partial charge in [-0.2, -0.15) is 0 Å². The molecule has 3 aromatic rings. The van der Waals surface area contributed by atoms with E-state index in [0.29, 0.717) is 32.8 Å². The molecule has 9 heteroatoms. The van der Waals surface area contributed by atoms with E-state index in [1.54, 1.807) is 6.07 Å². The maximum Gasteiger partial charge on any atom is 0.251 e. The average Bonchev–Trinajstić information content (AvgIpc) is 2.68. The van der Waals surface area contributed by atoms with Gasteiger partial charge in [-0.05, 0) is 36.2 Å². The Morgan fingerprint density at radius 2 is 1.73 bits per heavy atom. The summed E-state index contributed by atoms with van der Waals surface area (Å²) >= 11 is 11.9. The van der Waals surface area contributed by atoms with E-state index >= 15 is 0 Å². The Hall–Kier alpha value is -2.90. The molecule has 0 unspecified atom stereocenters. The van der Waals surface area contributed by atoms with Crippen molar-refractivity contribution in [3.63, 3.8) is 0 Å². The second-order valence-corrected chi connectivity index (χ2v) is 7.99. The Bertz CT molecular complexity index is 1080. The van der Waals surface area contributed by atoms with Gasteiger partial charge in [0, 0.05) is 21.0 Å². The van der Waals surface area contributed by atoms with Gasteiger partial charge in [0.25, 0.3) is 5.91 Å². The molecule has 4 N–H and O–H groups in total. The van der Waals surface area contributed by atoms with Crippen LogP contribution in [0.15, 0.2) is 42.5 Å². The van der Waals surface area contributed by atoms with Crippen molar-refractivity contribution in [1.29, 1.82) is 0 Å². The van der Waals surface area contributed by atoms with Gasteiger partial charge in [-0.3, -0.25) is 9.59 Å². The zero-order chi connectivity index (χ0) is 21.8. The van der Waals surface area contributed by atoms with E-state index in [1.807, 2.05) is 38.1 Å². The number of nitrogens with zero attached hydrogens (tertiary/aromatic N) is 2. The van der Waals surface area contributed by atoms with Gasteiger partial charge in [-0.1, -0.05) is 49.2 Å². The number of nitrogens with one attached hydrogen (secondary N) is 2. The normalized spacial score (nSPS) is 12.0. The fourth-order valence-electron chi connectivity index (χ4n) is 2.97. The Kier molecular flexibility index (Phi) is 6.74. The van der Waals surface area contributed by atoms with E-state index in [4.69, 9.17) is 28.9 Å². The number of hydrogen-bond acceptors (Lipinski definition) is 5. The van der Waals surface area contributed by atoms with E-state index in [2.05, 4.69) is 20.6 Å². The molecule has 0 aliphatic carbocycles. The fraction of sp³-hybridized carbons (Fsp3) is 0.238. The van der Waals surface area contributed by atoms with Crippen LogP contribution in [0.4, 0.5) is 5.82 Å². The van der Waals surface area contributed by atoms with E-state index in [0.717, 1.165) is 5.39 Å². The minimum atomic E-state index is -0.598. The maximum absolute atomic E-state index is 12.5. The molecule has 0 bridgehead atoms. The summed E-state index contributed by atoms with van der Waals surface area (Å²) in [5, 5.41) is 7.37. The predicted molar refractivity (Wildman–Crippen MR) is 119 cm³/mol. The summed E-state index contributed by atoms with van der Waals surface area (Å²) in [6, 6.07) is 11.4. The van der Waals surface area contributed by atoms with Crippen LogP contribution in [0.5, 0.6) is 0 Å². The third-order valence-electron chi connectivity index (χ3n) is 4.45. The van der Waals surface area contributed by atoms with Gasteiger partial charge in [0.05, 0.1) is 12.1 Å². The molecular weight excluding hydrogens is 425 g/mol. The van der Waals surface area contributed by atoms with Crippen molar-refractivity contribution in [1.82, 2.24) is 15.3 Å². The maximum atomic E-state index is 12.5. The number of carbonyl (C=O) groups excluding carboxylic acids is 2. The number of hydrogen-bond donors (Lipinski definition) is 3. The number of primary amides is 1. The topological polar surface area (TPSA) is 110 Å². The van der Waals surface area contributed by atoms with E-state index in [1.165, 1.54) is 12.1 Å². The number of nitrogens with two attached hydrogens (primary N) is 1. The standard InChI is InChI=1S/C21H21Cl2N5O2/c1-11(2)18(19(24)29)28-20-15-5-3-4-6-16(15)26-17(27-20)10-25-21(30)12-7-13(22)9-14(23)8-12/h3-9,11,18H,10H2,1-2H3,(H2,24,29)(H,25,30)(H,26,27,28)/t18-/m0/s1. The number of rotatable bonds is 7. The number of para-hydroxylation sites is 1. The zero-order valence-electron chi connectivity index (χ0n) is 16.4. The molecule has 0 spiro atoms. The smallest absolute Gasteiger partial charge is 0.251 e. The van der Waals surface area contributed by atoms with Crippen LogP contribution in [-0.2, 0) is 11.3 Å². The largest absolute Gasteiger partial charge is 0.368 e. The van der Waals surface area contributed by atoms with E-state index in [9.17, 15) is 9.59 Å². The summed E-state index contributed by atoms with van der Waals surface area (Å²) in [4.78, 5) is 33.3. The van der Waals surface area contributed by atoms with Crippen molar-refractivity contribution < 1.29 is 9.59 Å². The van der Waals surface area contributed by atoms with Crippen LogP contribution < -0.4 is 16.4 Å². The molecule has 0 aliphatic rings. The first-order valence-corrected chi connectivity index (χ1v) is 10.1. The number of anilines is 1. The summed E-state index contributed by atoms with van der Waals surface area (Å²) in [6.45, 7) is 3.86. The number of aromatic nitrogens is 2. The fourth-order valence-corrected chi connectivity index (χ4v) is 3.50. The third-order valence-corrected chi connectivity index (χ3v) is 4.88. The van der Waals surface area contributed by atoms with Crippen LogP contribution in [-0.4, -0.2) is 27.8 Å². The SMILES string of the molecule is CC(C)[C@H](Nc1nc(CNC(=O)c2cc(Cl)cc(Cl)c2)nc2ccccc12)C(N)=O. The number of fused-ring (bicyclic) bond motifs is 1. The van der Waals surface area contributed by atoms with Gasteiger partial charge in [0.2, 0.25) is 5.91 Å². The van der Waals surface area contributed by atoms with Gasteiger partial charge in [0.1, 0.15) is 11.9 Å². The molecule has 0 saturated carbocycles. The van der Waals surface area contributed by atoms with Crippen molar-refractivity contribution in [3.05, 3.63) is 63.9 Å². The summed E-state index contributed by atoms with van der Waals surface area (Å²) in [5.74, 6) is -0.00648. The van der Waals surface area contributed by atoms with Crippen LogP contribution >= 0.6 is 23.2 Å². The van der Waals surface area contributed by atoms with Gasteiger partial charge >= 0.3 is 0 Å². The Morgan fingerprint density at radius 1 is 1.07 bits per heavy atom. The molecule has 7 nitrogen and oxygen atoms in total. The van der Waals surface area contributed by atoms with Crippen molar-refractivity contribution in [2.45, 2.75) is 26.4 Å². The molecule has 156 valence electrons. The Labute approximate surface area is 184 Å². The van der Waals surface area contributed by atoms with Crippen LogP contribution in [0.25, 0.3) is 10.9 Å². The summed E-state index contributed by atoms with van der Waals surface area (Å²) in [7, 11) is 0. The molecule has 3 rings (SSSR count). The highest BCUT2D eigenvalue weighted by molar-refractivity contribution is 6.35. The van der Waals surface area contributed by atoms with Crippen molar-refractivity contribution in [2.24, 2.45) is 11.7 Å². The molecule has 2 amide bonds. The molecule has 0 fully saturated rings. The van der Waals surface area contributed by atoms with Crippen molar-refractivity contribution in [2.75, 3.05) is 5.32 Å². The second kappa shape index (κ2) is 9.28. The summed E-state index contributed by atoms with van der Waals surface area (Å²) in [5.41, 5.74) is 6.54. The van der Waals surface area contributed by atoms with Crippen LogP contribution in [0.2, 0.25) is 10.0 Å². The summed E-state index contributed by atoms with van der Waals surface area (Å²) in [6.07, 6.45) is 0. The van der Waals surface area contributed by atoms with Gasteiger partial charge in [-0.15, -0.1) is 0 Å². The van der Waals surface area contributed by atoms with Gasteiger partial charge < -0.3 is 16.4 Å². The lowest BCUT2D eigenvalue weighted by Gasteiger charge is -2.21. The molecule has 2 aromatic carbocycles. The first-order valence-electron chi connectivity index (χ1n) is 9.30. The minimum absolute atomic E-state index is 0.0352.